The summed E-state index contributed by atoms with van der Waals surface area (Å²) in [6.07, 6.45) is 6.39. The number of alkyl halides is 1. The first kappa shape index (κ1) is 22.2. The van der Waals surface area contributed by atoms with E-state index >= 15 is 0 Å². The minimum absolute atomic E-state index is 0.194. The SMILES string of the molecule is CC[C@H](F)CNc1ncc(-c2ccc([CH2][Sn][CH3])cn2)c(NC2CCC(O)CC2)n1. The van der Waals surface area contributed by atoms with Gasteiger partial charge < -0.3 is 5.11 Å². The van der Waals surface area contributed by atoms with Gasteiger partial charge in [-0.05, 0) is 6.42 Å². The van der Waals surface area contributed by atoms with Crippen molar-refractivity contribution in [1.82, 2.24) is 15.0 Å². The summed E-state index contributed by atoms with van der Waals surface area (Å²) in [4.78, 5) is 16.0. The van der Waals surface area contributed by atoms with Gasteiger partial charge in [-0.25, -0.2) is 4.39 Å². The van der Waals surface area contributed by atoms with E-state index in [0.717, 1.165) is 36.9 Å². The first-order valence-corrected chi connectivity index (χ1v) is 15.3. The molecule has 2 aromatic rings. The Morgan fingerprint density at radius 3 is 2.66 bits per heavy atom. The third-order valence-electron chi connectivity index (χ3n) is 5.23. The van der Waals surface area contributed by atoms with Crippen molar-refractivity contribution in [3.63, 3.8) is 0 Å². The normalized spacial score (nSPS) is 20.3. The van der Waals surface area contributed by atoms with Gasteiger partial charge >= 0.3 is 160 Å². The van der Waals surface area contributed by atoms with Crippen LogP contribution in [0.15, 0.2) is 24.5 Å². The molecule has 0 unspecified atom stereocenters. The van der Waals surface area contributed by atoms with Crippen LogP contribution >= 0.6 is 0 Å². The number of nitrogens with one attached hydrogen (secondary N) is 2. The number of aliphatic hydroxyl groups is 1. The third kappa shape index (κ3) is 6.50. The maximum absolute atomic E-state index is 13.6. The first-order chi connectivity index (χ1) is 14.1. The van der Waals surface area contributed by atoms with Crippen LogP contribution < -0.4 is 10.6 Å². The molecule has 6 nitrogen and oxygen atoms in total. The summed E-state index contributed by atoms with van der Waals surface area (Å²) in [6.45, 7) is 2.01. The molecular formula is C21H30FN5OSn. The predicted molar refractivity (Wildman–Crippen MR) is 116 cm³/mol. The van der Waals surface area contributed by atoms with Gasteiger partial charge in [0.2, 0.25) is 0 Å². The fourth-order valence-corrected chi connectivity index (χ4v) is 5.18. The summed E-state index contributed by atoms with van der Waals surface area (Å²) in [5, 5.41) is 16.3. The molecule has 3 N–H and O–H groups in total. The molecule has 0 aliphatic heterocycles. The number of aliphatic hydroxyl groups excluding tert-OH is 1. The van der Waals surface area contributed by atoms with Crippen molar-refractivity contribution in [2.24, 2.45) is 0 Å². The van der Waals surface area contributed by atoms with Crippen LogP contribution in [-0.4, -0.2) is 66.1 Å². The predicted octanol–water partition coefficient (Wildman–Crippen LogP) is 3.67. The Morgan fingerprint density at radius 1 is 1.21 bits per heavy atom. The van der Waals surface area contributed by atoms with Crippen LogP contribution in [0.4, 0.5) is 16.2 Å². The van der Waals surface area contributed by atoms with Crippen molar-refractivity contribution in [1.29, 1.82) is 0 Å². The van der Waals surface area contributed by atoms with E-state index in [9.17, 15) is 9.50 Å². The zero-order valence-corrected chi connectivity index (χ0v) is 20.0. The molecule has 8 heteroatoms. The Kier molecular flexibility index (Phi) is 8.47. The molecule has 0 bridgehead atoms. The summed E-state index contributed by atoms with van der Waals surface area (Å²) in [6, 6.07) is 4.41. The molecule has 3 rings (SSSR count). The molecule has 0 saturated heterocycles. The fourth-order valence-electron chi connectivity index (χ4n) is 3.42. The quantitative estimate of drug-likeness (QED) is 0.451. The van der Waals surface area contributed by atoms with Crippen molar-refractivity contribution in [3.8, 4) is 11.3 Å². The average Bonchev–Trinajstić information content (AvgIpc) is 2.75. The van der Waals surface area contributed by atoms with E-state index in [1.807, 2.05) is 19.2 Å². The molecule has 156 valence electrons. The number of pyridine rings is 1. The molecule has 2 heterocycles. The topological polar surface area (TPSA) is 83.0 Å². The van der Waals surface area contributed by atoms with E-state index in [1.165, 1.54) is 10.0 Å². The molecule has 2 radical (unpaired) electrons. The van der Waals surface area contributed by atoms with Crippen LogP contribution in [0, 0.1) is 0 Å². The van der Waals surface area contributed by atoms with Gasteiger partial charge in [0.25, 0.3) is 0 Å². The van der Waals surface area contributed by atoms with Crippen LogP contribution in [-0.2, 0) is 4.44 Å². The van der Waals surface area contributed by atoms with E-state index in [4.69, 9.17) is 0 Å². The van der Waals surface area contributed by atoms with Crippen LogP contribution in [0.1, 0.15) is 44.6 Å². The van der Waals surface area contributed by atoms with Gasteiger partial charge in [0, 0.05) is 0 Å². The average molecular weight is 506 g/mol. The molecule has 0 aromatic carbocycles. The Hall–Kier alpha value is -1.48. The number of halogens is 1. The molecule has 1 saturated carbocycles. The summed E-state index contributed by atoms with van der Waals surface area (Å²) in [7, 11) is 0. The second-order valence-corrected chi connectivity index (χ2v) is 10.6. The summed E-state index contributed by atoms with van der Waals surface area (Å²) >= 11 is -0.299. The summed E-state index contributed by atoms with van der Waals surface area (Å²) < 4.78 is 14.8. The molecule has 2 aromatic heterocycles. The summed E-state index contributed by atoms with van der Waals surface area (Å²) in [5.41, 5.74) is 2.96. The molecule has 29 heavy (non-hydrogen) atoms. The van der Waals surface area contributed by atoms with Crippen LogP contribution in [0.3, 0.4) is 0 Å². The maximum atomic E-state index is 13.6. The molecule has 0 amide bonds. The Balaban J connectivity index is 1.82. The second kappa shape index (κ2) is 11.1. The van der Waals surface area contributed by atoms with Crippen molar-refractivity contribution >= 4 is 32.9 Å². The van der Waals surface area contributed by atoms with Crippen LogP contribution in [0.2, 0.25) is 4.94 Å². The number of rotatable bonds is 9. The van der Waals surface area contributed by atoms with Crippen molar-refractivity contribution in [2.45, 2.75) is 66.7 Å². The van der Waals surface area contributed by atoms with E-state index < -0.39 is 6.17 Å². The van der Waals surface area contributed by atoms with Gasteiger partial charge in [0.05, 0.1) is 0 Å². The molecule has 1 aliphatic carbocycles. The fraction of sp³-hybridized carbons (Fsp3) is 0.571. The van der Waals surface area contributed by atoms with Gasteiger partial charge in [0.15, 0.2) is 0 Å². The van der Waals surface area contributed by atoms with Gasteiger partial charge in [-0.1, -0.05) is 6.92 Å². The minimum atomic E-state index is -0.924. The van der Waals surface area contributed by atoms with Crippen LogP contribution in [0.25, 0.3) is 11.3 Å². The van der Waals surface area contributed by atoms with E-state index in [-0.39, 0.29) is 39.8 Å². The van der Waals surface area contributed by atoms with E-state index in [2.05, 4.69) is 36.6 Å². The number of aromatic nitrogens is 3. The summed E-state index contributed by atoms with van der Waals surface area (Å²) in [5.74, 6) is 1.13. The number of anilines is 2. The Bertz CT molecular complexity index is 768. The standard InChI is InChI=1S/C20H27FN5O.CH3.Sn/c1-3-14(21)11-23-20-24-12-17(18-9-4-13(2)10-22-18)19(26-20)25-15-5-7-16(27)8-6-15;;/h4,9-10,12,14-16,27H,2-3,5-8,11H2,1H3,(H2,23,24,25,26);1H3;/t14-,15?,16?;;/m0../s1. The van der Waals surface area contributed by atoms with Gasteiger partial charge in [-0.2, -0.15) is 0 Å². The second-order valence-electron chi connectivity index (χ2n) is 7.57. The Morgan fingerprint density at radius 2 is 2.00 bits per heavy atom. The van der Waals surface area contributed by atoms with Crippen LogP contribution in [0.5, 0.6) is 0 Å². The third-order valence-corrected chi connectivity index (χ3v) is 7.41. The zero-order chi connectivity index (χ0) is 20.6. The number of hydrogen-bond donors (Lipinski definition) is 3. The Labute approximate surface area is 182 Å². The first-order valence-electron chi connectivity index (χ1n) is 10.4. The number of nitrogens with zero attached hydrogens (tertiary/aromatic N) is 3. The molecular weight excluding hydrogens is 476 g/mol. The van der Waals surface area contributed by atoms with Gasteiger partial charge in [-0.15, -0.1) is 0 Å². The zero-order valence-electron chi connectivity index (χ0n) is 17.2. The molecule has 1 aliphatic rings. The molecule has 1 atom stereocenters. The van der Waals surface area contributed by atoms with Crippen molar-refractivity contribution in [2.75, 3.05) is 17.2 Å². The van der Waals surface area contributed by atoms with E-state index in [1.54, 1.807) is 6.20 Å². The van der Waals surface area contributed by atoms with Crippen molar-refractivity contribution < 1.29 is 9.50 Å². The van der Waals surface area contributed by atoms with Gasteiger partial charge in [-0.3, -0.25) is 0 Å². The molecule has 1 fully saturated rings. The van der Waals surface area contributed by atoms with E-state index in [0.29, 0.717) is 18.2 Å². The van der Waals surface area contributed by atoms with Crippen molar-refractivity contribution in [3.05, 3.63) is 30.1 Å². The monoisotopic (exact) mass is 507 g/mol. The number of hydrogen-bond acceptors (Lipinski definition) is 6. The molecule has 0 spiro atoms. The van der Waals surface area contributed by atoms with Gasteiger partial charge in [0.1, 0.15) is 0 Å².